The minimum Gasteiger partial charge on any atom is -0.342 e. The summed E-state index contributed by atoms with van der Waals surface area (Å²) in [6, 6.07) is 15.2. The summed E-state index contributed by atoms with van der Waals surface area (Å²) in [7, 11) is -3.19. The lowest BCUT2D eigenvalue weighted by atomic mass is 10.1. The third-order valence-electron chi connectivity index (χ3n) is 4.14. The third kappa shape index (κ3) is 3.23. The Morgan fingerprint density at radius 1 is 1.12 bits per heavy atom. The fourth-order valence-electron chi connectivity index (χ4n) is 2.82. The molecule has 1 aromatic carbocycles. The maximum absolute atomic E-state index is 11.6. The van der Waals surface area contributed by atoms with Gasteiger partial charge < -0.3 is 4.57 Å². The molecule has 0 aliphatic rings. The molecule has 0 aliphatic heterocycles. The van der Waals surface area contributed by atoms with Gasteiger partial charge in [-0.25, -0.2) is 8.42 Å². The topological polar surface area (TPSA) is 52.0 Å². The number of pyridine rings is 1. The number of benzene rings is 1. The average Bonchev–Trinajstić information content (AvgIpc) is 3.24. The van der Waals surface area contributed by atoms with Gasteiger partial charge >= 0.3 is 0 Å². The molecule has 0 radical (unpaired) electrons. The first-order chi connectivity index (χ1) is 12.0. The number of sulfone groups is 1. The second-order valence-electron chi connectivity index (χ2n) is 5.95. The van der Waals surface area contributed by atoms with Gasteiger partial charge in [-0.05, 0) is 35.7 Å². The lowest BCUT2D eigenvalue weighted by Gasteiger charge is -2.06. The van der Waals surface area contributed by atoms with Crippen LogP contribution in [0.25, 0.3) is 22.2 Å². The standard InChI is InChI=1S/C19H16N2O2S2/c1-25(22,23)17-6-4-14(5-7-17)18-11-19-15(12-20-18)8-9-21(19)13-16-3-2-10-24-16/h2-12H,13H2,1H3. The highest BCUT2D eigenvalue weighted by Gasteiger charge is 2.09. The van der Waals surface area contributed by atoms with Crippen LogP contribution in [-0.2, 0) is 16.4 Å². The quantitative estimate of drug-likeness (QED) is 0.542. The van der Waals surface area contributed by atoms with E-state index >= 15 is 0 Å². The number of rotatable bonds is 4. The van der Waals surface area contributed by atoms with Gasteiger partial charge in [0.15, 0.2) is 9.84 Å². The molecule has 0 saturated heterocycles. The first-order valence-corrected chi connectivity index (χ1v) is 10.6. The summed E-state index contributed by atoms with van der Waals surface area (Å²) < 4.78 is 25.4. The molecule has 4 rings (SSSR count). The van der Waals surface area contributed by atoms with Gasteiger partial charge in [-0.15, -0.1) is 11.3 Å². The molecule has 126 valence electrons. The Bertz CT molecular complexity index is 1130. The number of hydrogen-bond donors (Lipinski definition) is 0. The normalized spacial score (nSPS) is 11.9. The molecular formula is C19H16N2O2S2. The molecule has 0 bridgehead atoms. The van der Waals surface area contributed by atoms with Gasteiger partial charge in [0.05, 0.1) is 22.7 Å². The summed E-state index contributed by atoms with van der Waals surface area (Å²) in [6.45, 7) is 0.831. The Morgan fingerprint density at radius 3 is 2.60 bits per heavy atom. The molecule has 0 fully saturated rings. The van der Waals surface area contributed by atoms with Crippen LogP contribution in [0.2, 0.25) is 0 Å². The molecule has 3 heterocycles. The summed E-state index contributed by atoms with van der Waals surface area (Å²) in [5, 5.41) is 3.17. The van der Waals surface area contributed by atoms with Crippen molar-refractivity contribution >= 4 is 32.1 Å². The minimum atomic E-state index is -3.19. The van der Waals surface area contributed by atoms with E-state index in [0.717, 1.165) is 28.7 Å². The summed E-state index contributed by atoms with van der Waals surface area (Å²) in [6.07, 6.45) is 5.15. The molecule has 0 saturated carbocycles. The Morgan fingerprint density at radius 2 is 1.92 bits per heavy atom. The van der Waals surface area contributed by atoms with Gasteiger partial charge in [-0.3, -0.25) is 4.98 Å². The van der Waals surface area contributed by atoms with Crippen molar-refractivity contribution in [1.82, 2.24) is 9.55 Å². The van der Waals surface area contributed by atoms with E-state index in [4.69, 9.17) is 0 Å². The van der Waals surface area contributed by atoms with Crippen molar-refractivity contribution < 1.29 is 8.42 Å². The third-order valence-corrected chi connectivity index (χ3v) is 6.13. The van der Waals surface area contributed by atoms with Crippen LogP contribution in [0.15, 0.2) is 71.2 Å². The monoisotopic (exact) mass is 368 g/mol. The molecule has 0 spiro atoms. The van der Waals surface area contributed by atoms with Crippen molar-refractivity contribution in [2.75, 3.05) is 6.26 Å². The van der Waals surface area contributed by atoms with Gasteiger partial charge in [-0.1, -0.05) is 18.2 Å². The predicted molar refractivity (Wildman–Crippen MR) is 102 cm³/mol. The molecule has 0 atom stereocenters. The Balaban J connectivity index is 1.73. The highest BCUT2D eigenvalue weighted by Crippen LogP contribution is 2.25. The molecule has 0 amide bonds. The molecule has 6 heteroatoms. The second-order valence-corrected chi connectivity index (χ2v) is 9.00. The highest BCUT2D eigenvalue weighted by molar-refractivity contribution is 7.90. The van der Waals surface area contributed by atoms with E-state index in [-0.39, 0.29) is 0 Å². The van der Waals surface area contributed by atoms with Crippen molar-refractivity contribution in [3.63, 3.8) is 0 Å². The van der Waals surface area contributed by atoms with E-state index < -0.39 is 9.84 Å². The molecule has 4 nitrogen and oxygen atoms in total. The fourth-order valence-corrected chi connectivity index (χ4v) is 4.16. The first-order valence-electron chi connectivity index (χ1n) is 7.78. The molecule has 0 aliphatic carbocycles. The van der Waals surface area contributed by atoms with Gasteiger partial charge in [0.2, 0.25) is 0 Å². The van der Waals surface area contributed by atoms with Crippen molar-refractivity contribution in [3.05, 3.63) is 71.2 Å². The van der Waals surface area contributed by atoms with Crippen LogP contribution in [-0.4, -0.2) is 24.2 Å². The summed E-state index contributed by atoms with van der Waals surface area (Å²) >= 11 is 1.74. The highest BCUT2D eigenvalue weighted by atomic mass is 32.2. The Labute approximate surface area is 150 Å². The van der Waals surface area contributed by atoms with Crippen molar-refractivity contribution in [2.45, 2.75) is 11.4 Å². The number of aromatic nitrogens is 2. The van der Waals surface area contributed by atoms with Crippen molar-refractivity contribution in [1.29, 1.82) is 0 Å². The summed E-state index contributed by atoms with van der Waals surface area (Å²) in [5.41, 5.74) is 2.85. The van der Waals surface area contributed by atoms with Crippen LogP contribution >= 0.6 is 11.3 Å². The minimum absolute atomic E-state index is 0.318. The van der Waals surface area contributed by atoms with E-state index in [2.05, 4.69) is 45.4 Å². The lowest BCUT2D eigenvalue weighted by molar-refractivity contribution is 0.602. The molecule has 3 aromatic heterocycles. The zero-order chi connectivity index (χ0) is 17.4. The summed E-state index contributed by atoms with van der Waals surface area (Å²) in [5.74, 6) is 0. The lowest BCUT2D eigenvalue weighted by Crippen LogP contribution is -1.97. The smallest absolute Gasteiger partial charge is 0.175 e. The SMILES string of the molecule is CS(=O)(=O)c1ccc(-c2cc3c(ccn3Cc3cccs3)cn2)cc1. The van der Waals surface area contributed by atoms with Gasteiger partial charge in [0, 0.05) is 34.5 Å². The molecule has 0 N–H and O–H groups in total. The number of thiophene rings is 1. The fraction of sp³-hybridized carbons (Fsp3) is 0.105. The zero-order valence-corrected chi connectivity index (χ0v) is 15.2. The van der Waals surface area contributed by atoms with Crippen molar-refractivity contribution in [3.8, 4) is 11.3 Å². The van der Waals surface area contributed by atoms with Crippen molar-refractivity contribution in [2.24, 2.45) is 0 Å². The average molecular weight is 368 g/mol. The van der Waals surface area contributed by atoms with E-state index in [1.54, 1.807) is 35.6 Å². The number of nitrogens with zero attached hydrogens (tertiary/aromatic N) is 2. The van der Waals surface area contributed by atoms with Crippen LogP contribution in [0.4, 0.5) is 0 Å². The van der Waals surface area contributed by atoms with Crippen LogP contribution in [0.5, 0.6) is 0 Å². The molecule has 0 unspecified atom stereocenters. The van der Waals surface area contributed by atoms with Gasteiger partial charge in [-0.2, -0.15) is 0 Å². The van der Waals surface area contributed by atoms with Crippen LogP contribution in [0.3, 0.4) is 0 Å². The second kappa shape index (κ2) is 6.13. The number of fused-ring (bicyclic) bond motifs is 1. The van der Waals surface area contributed by atoms with E-state index in [0.29, 0.717) is 4.90 Å². The van der Waals surface area contributed by atoms with Crippen LogP contribution in [0.1, 0.15) is 4.88 Å². The van der Waals surface area contributed by atoms with E-state index in [9.17, 15) is 8.42 Å². The summed E-state index contributed by atoms with van der Waals surface area (Å²) in [4.78, 5) is 6.14. The molecule has 25 heavy (non-hydrogen) atoms. The van der Waals surface area contributed by atoms with Gasteiger partial charge in [0.25, 0.3) is 0 Å². The Hall–Kier alpha value is -2.44. The largest absolute Gasteiger partial charge is 0.342 e. The van der Waals surface area contributed by atoms with E-state index in [1.807, 2.05) is 6.20 Å². The first kappa shape index (κ1) is 16.1. The Kier molecular flexibility index (Phi) is 3.94. The predicted octanol–water partition coefficient (Wildman–Crippen LogP) is 4.22. The zero-order valence-electron chi connectivity index (χ0n) is 13.6. The van der Waals surface area contributed by atoms with Gasteiger partial charge in [0.1, 0.15) is 0 Å². The van der Waals surface area contributed by atoms with Crippen LogP contribution < -0.4 is 0 Å². The molecule has 4 aromatic rings. The maximum atomic E-state index is 11.6. The molecular weight excluding hydrogens is 352 g/mol. The number of hydrogen-bond acceptors (Lipinski definition) is 4. The van der Waals surface area contributed by atoms with Crippen LogP contribution in [0, 0.1) is 0 Å². The van der Waals surface area contributed by atoms with E-state index in [1.165, 1.54) is 11.1 Å². The maximum Gasteiger partial charge on any atom is 0.175 e.